The van der Waals surface area contributed by atoms with E-state index in [1.165, 1.54) is 0 Å². The maximum absolute atomic E-state index is 12.5. The van der Waals surface area contributed by atoms with Crippen LogP contribution in [0.5, 0.6) is 5.75 Å². The van der Waals surface area contributed by atoms with Crippen molar-refractivity contribution in [3.8, 4) is 5.75 Å². The number of likely N-dealkylation sites (tertiary alicyclic amines) is 1. The van der Waals surface area contributed by atoms with Gasteiger partial charge in [0.05, 0.1) is 17.7 Å². The minimum atomic E-state index is -0.334. The summed E-state index contributed by atoms with van der Waals surface area (Å²) in [5.74, 6) is 0.781. The fraction of sp³-hybridized carbons (Fsp3) is 0.562. The van der Waals surface area contributed by atoms with Crippen LogP contribution in [0.15, 0.2) is 12.1 Å². The summed E-state index contributed by atoms with van der Waals surface area (Å²) in [7, 11) is 0. The molecule has 1 spiro atoms. The van der Waals surface area contributed by atoms with Crippen LogP contribution >= 0.6 is 0 Å². The van der Waals surface area contributed by atoms with Crippen LogP contribution in [-0.2, 0) is 0 Å². The molecule has 108 valence electrons. The normalized spacial score (nSPS) is 21.6. The Kier molecular flexibility index (Phi) is 3.21. The highest BCUT2D eigenvalue weighted by Gasteiger charge is 2.43. The molecule has 2 aliphatic rings. The first-order valence-electron chi connectivity index (χ1n) is 7.38. The van der Waals surface area contributed by atoms with Gasteiger partial charge >= 0.3 is 0 Å². The average molecular weight is 274 g/mol. The summed E-state index contributed by atoms with van der Waals surface area (Å²) in [6, 6.07) is 3.77. The number of hydrogen-bond donors (Lipinski definition) is 1. The molecule has 0 unspecified atom stereocenters. The van der Waals surface area contributed by atoms with E-state index in [1.807, 2.05) is 19.1 Å². The highest BCUT2D eigenvalue weighted by Crippen LogP contribution is 2.42. The quantitative estimate of drug-likeness (QED) is 0.799. The number of nitrogens with zero attached hydrogens (tertiary/aromatic N) is 1. The van der Waals surface area contributed by atoms with Crippen LogP contribution in [0.2, 0.25) is 0 Å². The maximum Gasteiger partial charge on any atom is 0.170 e. The molecule has 0 saturated carbocycles. The third kappa shape index (κ3) is 2.18. The van der Waals surface area contributed by atoms with Crippen LogP contribution < -0.4 is 10.5 Å². The molecule has 3 rings (SSSR count). The lowest BCUT2D eigenvalue weighted by molar-refractivity contribution is -0.00727. The second kappa shape index (κ2) is 4.77. The summed E-state index contributed by atoms with van der Waals surface area (Å²) >= 11 is 0. The van der Waals surface area contributed by atoms with Gasteiger partial charge in [-0.1, -0.05) is 6.92 Å². The number of ether oxygens (including phenoxy) is 1. The number of aryl methyl sites for hydroxylation is 1. The van der Waals surface area contributed by atoms with E-state index in [0.29, 0.717) is 23.4 Å². The highest BCUT2D eigenvalue weighted by atomic mass is 16.5. The Morgan fingerprint density at radius 1 is 1.35 bits per heavy atom. The van der Waals surface area contributed by atoms with Crippen LogP contribution in [0.3, 0.4) is 0 Å². The predicted octanol–water partition coefficient (Wildman–Crippen LogP) is 2.40. The number of carbonyl (C=O) groups excluding carboxylic acids is 1. The van der Waals surface area contributed by atoms with Crippen LogP contribution in [0.1, 0.15) is 42.1 Å². The van der Waals surface area contributed by atoms with Crippen LogP contribution in [-0.4, -0.2) is 35.9 Å². The van der Waals surface area contributed by atoms with Crippen molar-refractivity contribution in [1.29, 1.82) is 0 Å². The number of hydrogen-bond acceptors (Lipinski definition) is 4. The largest absolute Gasteiger partial charge is 0.484 e. The Hall–Kier alpha value is -1.55. The number of anilines is 1. The molecule has 1 saturated heterocycles. The van der Waals surface area contributed by atoms with Gasteiger partial charge in [-0.05, 0) is 31.2 Å². The first kappa shape index (κ1) is 13.4. The average Bonchev–Trinajstić information content (AvgIpc) is 2.41. The number of rotatable bonds is 1. The second-order valence-corrected chi connectivity index (χ2v) is 6.05. The van der Waals surface area contributed by atoms with E-state index in [1.54, 1.807) is 0 Å². The van der Waals surface area contributed by atoms with Gasteiger partial charge in [-0.25, -0.2) is 0 Å². The number of carbonyl (C=O) groups is 1. The molecular weight excluding hydrogens is 252 g/mol. The molecule has 0 atom stereocenters. The molecule has 1 aromatic carbocycles. The van der Waals surface area contributed by atoms with E-state index >= 15 is 0 Å². The Morgan fingerprint density at radius 3 is 2.70 bits per heavy atom. The van der Waals surface area contributed by atoms with Crippen LogP contribution in [0.25, 0.3) is 0 Å². The van der Waals surface area contributed by atoms with Gasteiger partial charge in [0.25, 0.3) is 0 Å². The number of fused-ring (bicyclic) bond motifs is 1. The SMILES string of the molecule is CCN1CCC2(CC1)CC(=O)c1cc(C)cc(N)c1O2. The molecule has 4 heteroatoms. The lowest BCUT2D eigenvalue weighted by Crippen LogP contribution is -2.51. The zero-order valence-corrected chi connectivity index (χ0v) is 12.2. The molecule has 20 heavy (non-hydrogen) atoms. The van der Waals surface area contributed by atoms with Crippen LogP contribution in [0.4, 0.5) is 5.69 Å². The van der Waals surface area contributed by atoms with E-state index < -0.39 is 0 Å². The summed E-state index contributed by atoms with van der Waals surface area (Å²) in [5.41, 5.74) is 7.98. The molecule has 0 aliphatic carbocycles. The van der Waals surface area contributed by atoms with Crippen molar-refractivity contribution >= 4 is 11.5 Å². The molecule has 2 N–H and O–H groups in total. The van der Waals surface area contributed by atoms with Gasteiger partial charge in [0.1, 0.15) is 5.60 Å². The smallest absolute Gasteiger partial charge is 0.170 e. The molecule has 0 aromatic heterocycles. The number of piperidine rings is 1. The molecule has 2 heterocycles. The summed E-state index contributed by atoms with van der Waals surface area (Å²) in [5, 5.41) is 0. The van der Waals surface area contributed by atoms with E-state index in [-0.39, 0.29) is 11.4 Å². The summed E-state index contributed by atoms with van der Waals surface area (Å²) in [6.07, 6.45) is 2.29. The fourth-order valence-electron chi connectivity index (χ4n) is 3.32. The Balaban J connectivity index is 1.91. The summed E-state index contributed by atoms with van der Waals surface area (Å²) < 4.78 is 6.24. The third-order valence-corrected chi connectivity index (χ3v) is 4.58. The van der Waals surface area contributed by atoms with Gasteiger partial charge in [-0.3, -0.25) is 4.79 Å². The molecular formula is C16H22N2O2. The minimum Gasteiger partial charge on any atom is -0.484 e. The van der Waals surface area contributed by atoms with Gasteiger partial charge in [0, 0.05) is 25.9 Å². The van der Waals surface area contributed by atoms with E-state index in [0.717, 1.165) is 38.0 Å². The van der Waals surface area contributed by atoms with Gasteiger partial charge in [0.15, 0.2) is 11.5 Å². The van der Waals surface area contributed by atoms with Gasteiger partial charge in [-0.15, -0.1) is 0 Å². The van der Waals surface area contributed by atoms with Crippen molar-refractivity contribution in [3.63, 3.8) is 0 Å². The van der Waals surface area contributed by atoms with E-state index in [4.69, 9.17) is 10.5 Å². The molecule has 0 bridgehead atoms. The zero-order valence-electron chi connectivity index (χ0n) is 12.2. The highest BCUT2D eigenvalue weighted by molar-refractivity contribution is 6.02. The van der Waals surface area contributed by atoms with Crippen molar-refractivity contribution in [2.24, 2.45) is 0 Å². The van der Waals surface area contributed by atoms with Crippen LogP contribution in [0, 0.1) is 6.92 Å². The summed E-state index contributed by atoms with van der Waals surface area (Å²) in [4.78, 5) is 14.9. The van der Waals surface area contributed by atoms with Crippen molar-refractivity contribution in [3.05, 3.63) is 23.3 Å². The lowest BCUT2D eigenvalue weighted by Gasteiger charge is -2.44. The molecule has 0 amide bonds. The molecule has 0 radical (unpaired) electrons. The maximum atomic E-state index is 12.5. The molecule has 4 nitrogen and oxygen atoms in total. The van der Waals surface area contributed by atoms with Crippen molar-refractivity contribution < 1.29 is 9.53 Å². The Bertz CT molecular complexity index is 546. The predicted molar refractivity (Wildman–Crippen MR) is 79.2 cm³/mol. The van der Waals surface area contributed by atoms with Crippen molar-refractivity contribution in [1.82, 2.24) is 4.90 Å². The zero-order chi connectivity index (χ0) is 14.3. The standard InChI is InChI=1S/C16H22N2O2/c1-3-18-6-4-16(5-7-18)10-14(19)12-8-11(2)9-13(17)15(12)20-16/h8-9H,3-7,10,17H2,1-2H3. The van der Waals surface area contributed by atoms with Crippen molar-refractivity contribution in [2.75, 3.05) is 25.4 Å². The number of Topliss-reactive ketones (excluding diaryl/α,β-unsaturated/α-hetero) is 1. The lowest BCUT2D eigenvalue weighted by atomic mass is 9.82. The van der Waals surface area contributed by atoms with E-state index in [2.05, 4.69) is 11.8 Å². The molecule has 1 fully saturated rings. The van der Waals surface area contributed by atoms with Gasteiger partial charge < -0.3 is 15.4 Å². The molecule has 2 aliphatic heterocycles. The number of benzene rings is 1. The van der Waals surface area contributed by atoms with Gasteiger partial charge in [0.2, 0.25) is 0 Å². The third-order valence-electron chi connectivity index (χ3n) is 4.58. The minimum absolute atomic E-state index is 0.173. The Labute approximate surface area is 119 Å². The monoisotopic (exact) mass is 274 g/mol. The second-order valence-electron chi connectivity index (χ2n) is 6.05. The topological polar surface area (TPSA) is 55.6 Å². The number of nitrogens with two attached hydrogens (primary N) is 1. The fourth-order valence-corrected chi connectivity index (χ4v) is 3.32. The summed E-state index contributed by atoms with van der Waals surface area (Å²) in [6.45, 7) is 7.16. The van der Waals surface area contributed by atoms with Gasteiger partial charge in [-0.2, -0.15) is 0 Å². The first-order valence-corrected chi connectivity index (χ1v) is 7.38. The van der Waals surface area contributed by atoms with E-state index in [9.17, 15) is 4.79 Å². The first-order chi connectivity index (χ1) is 9.53. The number of ketones is 1. The van der Waals surface area contributed by atoms with Crippen molar-refractivity contribution in [2.45, 2.75) is 38.7 Å². The molecule has 1 aromatic rings. The number of nitrogen functional groups attached to an aromatic ring is 1. The Morgan fingerprint density at radius 2 is 2.05 bits per heavy atom.